The fourth-order valence-corrected chi connectivity index (χ4v) is 6.72. The molecule has 0 fully saturated rings. The molecule has 0 saturated heterocycles. The predicted octanol–water partition coefficient (Wildman–Crippen LogP) is 9.16. The Morgan fingerprint density at radius 3 is 2.32 bits per heavy atom. The second-order valence-corrected chi connectivity index (χ2v) is 12.2. The smallest absolute Gasteiger partial charge is 0.209 e. The summed E-state index contributed by atoms with van der Waals surface area (Å²) in [6, 6.07) is 17.9. The van der Waals surface area contributed by atoms with Gasteiger partial charge in [-0.05, 0) is 68.4 Å². The van der Waals surface area contributed by atoms with Gasteiger partial charge in [-0.25, -0.2) is 0 Å². The van der Waals surface area contributed by atoms with Gasteiger partial charge in [-0.15, -0.1) is 0 Å². The van der Waals surface area contributed by atoms with E-state index >= 15 is 0 Å². The fraction of sp³-hybridized carbons (Fsp3) is 0.417. The van der Waals surface area contributed by atoms with Crippen LogP contribution in [0.4, 0.5) is 11.4 Å². The van der Waals surface area contributed by atoms with Gasteiger partial charge in [0.05, 0.1) is 5.41 Å². The summed E-state index contributed by atoms with van der Waals surface area (Å²) in [5, 5.41) is 0. The SMILES string of the molecule is CCCN1/C(=C/C=C2C=C(/C=C/C3=[N+](CCC)c4ccccc4C3(C)C)CCC/2)C(C)(C)c2ccccc21. The molecule has 2 nitrogen and oxygen atoms in total. The molecule has 0 atom stereocenters. The largest absolute Gasteiger partial charge is 0.344 e. The van der Waals surface area contributed by atoms with E-state index in [0.29, 0.717) is 0 Å². The second-order valence-electron chi connectivity index (χ2n) is 12.2. The lowest BCUT2D eigenvalue weighted by Crippen LogP contribution is -2.27. The summed E-state index contributed by atoms with van der Waals surface area (Å²) in [6.45, 7) is 16.2. The zero-order valence-electron chi connectivity index (χ0n) is 24.3. The lowest BCUT2D eigenvalue weighted by Gasteiger charge is -2.26. The van der Waals surface area contributed by atoms with Gasteiger partial charge >= 0.3 is 0 Å². The normalized spacial score (nSPS) is 21.9. The minimum atomic E-state index is 0.0202. The molecule has 0 amide bonds. The van der Waals surface area contributed by atoms with Gasteiger partial charge in [0.2, 0.25) is 5.69 Å². The summed E-state index contributed by atoms with van der Waals surface area (Å²) in [5.41, 5.74) is 11.4. The first-order valence-electron chi connectivity index (χ1n) is 14.7. The number of allylic oxidation sites excluding steroid dienone is 8. The number of rotatable bonds is 7. The maximum atomic E-state index is 2.54. The Kier molecular flexibility index (Phi) is 7.36. The van der Waals surface area contributed by atoms with E-state index in [1.54, 1.807) is 0 Å². The number of hydrogen-bond acceptors (Lipinski definition) is 1. The molecule has 0 spiro atoms. The topological polar surface area (TPSA) is 6.25 Å². The highest BCUT2D eigenvalue weighted by Gasteiger charge is 2.43. The number of benzene rings is 2. The lowest BCUT2D eigenvalue weighted by atomic mass is 9.81. The van der Waals surface area contributed by atoms with Crippen LogP contribution >= 0.6 is 0 Å². The number of anilines is 1. The van der Waals surface area contributed by atoms with Gasteiger partial charge in [-0.1, -0.05) is 82.3 Å². The van der Waals surface area contributed by atoms with E-state index in [0.717, 1.165) is 38.8 Å². The van der Waals surface area contributed by atoms with Crippen LogP contribution in [0.5, 0.6) is 0 Å². The van der Waals surface area contributed by atoms with Crippen molar-refractivity contribution in [1.82, 2.24) is 0 Å². The van der Waals surface area contributed by atoms with Crippen LogP contribution in [0.15, 0.2) is 95.8 Å². The third-order valence-electron chi connectivity index (χ3n) is 8.71. The maximum Gasteiger partial charge on any atom is 0.209 e. The van der Waals surface area contributed by atoms with Crippen molar-refractivity contribution in [3.63, 3.8) is 0 Å². The first kappa shape index (κ1) is 26.5. The van der Waals surface area contributed by atoms with Crippen LogP contribution in [0.25, 0.3) is 0 Å². The Hall–Kier alpha value is -3.13. The average Bonchev–Trinajstić information content (AvgIpc) is 3.26. The van der Waals surface area contributed by atoms with E-state index in [4.69, 9.17) is 0 Å². The molecule has 2 heteroatoms. The van der Waals surface area contributed by atoms with Crippen molar-refractivity contribution < 1.29 is 4.58 Å². The Labute approximate surface area is 230 Å². The Morgan fingerprint density at radius 2 is 1.55 bits per heavy atom. The standard InChI is InChI=1S/C36H45N2/c1-7-24-37-31-18-11-9-16-29(31)35(3,4)33(37)22-20-27-14-13-15-28(26-27)21-23-34-36(5,6)30-17-10-12-19-32(30)38(34)25-8-2/h9-12,16-23,26H,7-8,13-15,24-25H2,1-6H3/q+1. The Morgan fingerprint density at radius 1 is 0.816 bits per heavy atom. The number of para-hydroxylation sites is 2. The molecule has 5 rings (SSSR count). The molecule has 1 aliphatic carbocycles. The van der Waals surface area contributed by atoms with Gasteiger partial charge < -0.3 is 4.90 Å². The van der Waals surface area contributed by atoms with Crippen molar-refractivity contribution in [1.29, 1.82) is 0 Å². The number of fused-ring (bicyclic) bond motifs is 2. The molecule has 2 aromatic carbocycles. The quantitative estimate of drug-likeness (QED) is 0.340. The van der Waals surface area contributed by atoms with Crippen molar-refractivity contribution >= 4 is 17.1 Å². The van der Waals surface area contributed by atoms with Crippen LogP contribution in [-0.4, -0.2) is 23.4 Å². The molecule has 2 aromatic rings. The maximum absolute atomic E-state index is 2.54. The van der Waals surface area contributed by atoms with E-state index in [1.165, 1.54) is 51.5 Å². The summed E-state index contributed by atoms with van der Waals surface area (Å²) in [5.74, 6) is 0. The van der Waals surface area contributed by atoms with Crippen LogP contribution in [0.3, 0.4) is 0 Å². The Balaban J connectivity index is 1.45. The van der Waals surface area contributed by atoms with Gasteiger partial charge in [0.1, 0.15) is 6.54 Å². The second kappa shape index (κ2) is 10.6. The van der Waals surface area contributed by atoms with Crippen molar-refractivity contribution in [3.05, 3.63) is 107 Å². The Bertz CT molecular complexity index is 1360. The molecule has 0 aromatic heterocycles. The van der Waals surface area contributed by atoms with Crippen molar-refractivity contribution in [2.75, 3.05) is 18.0 Å². The molecule has 0 N–H and O–H groups in total. The highest BCUT2D eigenvalue weighted by molar-refractivity contribution is 6.03. The zero-order valence-corrected chi connectivity index (χ0v) is 24.3. The van der Waals surface area contributed by atoms with E-state index in [-0.39, 0.29) is 10.8 Å². The zero-order chi connectivity index (χ0) is 26.9. The molecule has 198 valence electrons. The van der Waals surface area contributed by atoms with Gasteiger partial charge in [0, 0.05) is 47.5 Å². The first-order chi connectivity index (χ1) is 18.3. The molecule has 0 saturated carbocycles. The van der Waals surface area contributed by atoms with E-state index in [2.05, 4.69) is 130 Å². The van der Waals surface area contributed by atoms with E-state index < -0.39 is 0 Å². The first-order valence-corrected chi connectivity index (χ1v) is 14.7. The van der Waals surface area contributed by atoms with Gasteiger partial charge in [-0.3, -0.25) is 0 Å². The summed E-state index contributed by atoms with van der Waals surface area (Å²) >= 11 is 0. The number of hydrogen-bond donors (Lipinski definition) is 0. The molecule has 0 bridgehead atoms. The molecule has 38 heavy (non-hydrogen) atoms. The molecule has 0 radical (unpaired) electrons. The molecule has 0 unspecified atom stereocenters. The van der Waals surface area contributed by atoms with Gasteiger partial charge in [0.15, 0.2) is 5.71 Å². The monoisotopic (exact) mass is 505 g/mol. The van der Waals surface area contributed by atoms with Crippen LogP contribution < -0.4 is 4.90 Å². The highest BCUT2D eigenvalue weighted by Crippen LogP contribution is 2.47. The molecule has 3 aliphatic rings. The molecular formula is C36H45N2+. The van der Waals surface area contributed by atoms with Crippen molar-refractivity contribution in [3.8, 4) is 0 Å². The summed E-state index contributed by atoms with van der Waals surface area (Å²) in [7, 11) is 0. The van der Waals surface area contributed by atoms with E-state index in [9.17, 15) is 0 Å². The van der Waals surface area contributed by atoms with Crippen LogP contribution in [0.1, 0.15) is 84.8 Å². The summed E-state index contributed by atoms with van der Waals surface area (Å²) < 4.78 is 2.54. The average molecular weight is 506 g/mol. The minimum Gasteiger partial charge on any atom is -0.344 e. The minimum absolute atomic E-state index is 0.0202. The lowest BCUT2D eigenvalue weighted by molar-refractivity contribution is -0.437. The summed E-state index contributed by atoms with van der Waals surface area (Å²) in [4.78, 5) is 2.54. The predicted molar refractivity (Wildman–Crippen MR) is 164 cm³/mol. The van der Waals surface area contributed by atoms with Crippen molar-refractivity contribution in [2.45, 2.75) is 84.5 Å². The van der Waals surface area contributed by atoms with Crippen LogP contribution in [0.2, 0.25) is 0 Å². The summed E-state index contributed by atoms with van der Waals surface area (Å²) in [6.07, 6.45) is 17.8. The number of nitrogens with zero attached hydrogens (tertiary/aromatic N) is 2. The molecule has 2 heterocycles. The highest BCUT2D eigenvalue weighted by atomic mass is 15.2. The van der Waals surface area contributed by atoms with Gasteiger partial charge in [0.25, 0.3) is 0 Å². The van der Waals surface area contributed by atoms with Crippen LogP contribution in [0, 0.1) is 0 Å². The fourth-order valence-electron chi connectivity index (χ4n) is 6.72. The van der Waals surface area contributed by atoms with Gasteiger partial charge in [-0.2, -0.15) is 4.58 Å². The third-order valence-corrected chi connectivity index (χ3v) is 8.71. The molecular weight excluding hydrogens is 460 g/mol. The third kappa shape index (κ3) is 4.64. The molecule has 2 aliphatic heterocycles. The van der Waals surface area contributed by atoms with Crippen LogP contribution in [-0.2, 0) is 10.8 Å². The van der Waals surface area contributed by atoms with Crippen molar-refractivity contribution in [2.24, 2.45) is 0 Å². The van der Waals surface area contributed by atoms with E-state index in [1.807, 2.05) is 0 Å².